The van der Waals surface area contributed by atoms with Crippen LogP contribution in [0.25, 0.3) is 10.4 Å². The number of benzene rings is 1. The van der Waals surface area contributed by atoms with Crippen molar-refractivity contribution in [2.75, 3.05) is 13.1 Å². The van der Waals surface area contributed by atoms with Crippen LogP contribution in [0.2, 0.25) is 0 Å². The van der Waals surface area contributed by atoms with E-state index in [1.54, 1.807) is 0 Å². The van der Waals surface area contributed by atoms with E-state index in [-0.39, 0.29) is 30.2 Å². The predicted octanol–water partition coefficient (Wildman–Crippen LogP) is 1.30. The van der Waals surface area contributed by atoms with Gasteiger partial charge in [-0.15, -0.1) is 0 Å². The quantitative estimate of drug-likeness (QED) is 0.266. The minimum Gasteiger partial charge on any atom is -0.508 e. The lowest BCUT2D eigenvalue weighted by molar-refractivity contribution is -0.144. The second-order valence-electron chi connectivity index (χ2n) is 4.05. The summed E-state index contributed by atoms with van der Waals surface area (Å²) in [6, 6.07) is 3.59. The van der Waals surface area contributed by atoms with E-state index in [1.165, 1.54) is 19.1 Å². The average molecular weight is 266 g/mol. The van der Waals surface area contributed by atoms with Crippen molar-refractivity contribution in [1.29, 1.82) is 0 Å². The number of hydrogen-bond donors (Lipinski definition) is 4. The Bertz CT molecular complexity index is 507. The van der Waals surface area contributed by atoms with Crippen LogP contribution in [0.5, 0.6) is 11.5 Å². The van der Waals surface area contributed by atoms with E-state index < -0.39 is 11.5 Å². The van der Waals surface area contributed by atoms with E-state index in [4.69, 9.17) is 5.53 Å². The molecule has 102 valence electrons. The van der Waals surface area contributed by atoms with E-state index in [2.05, 4.69) is 15.3 Å². The van der Waals surface area contributed by atoms with Crippen molar-refractivity contribution < 1.29 is 20.1 Å². The second kappa shape index (κ2) is 5.94. The molecule has 0 saturated heterocycles. The maximum atomic E-state index is 11.4. The maximum Gasteiger partial charge on any atom is 0.328 e. The summed E-state index contributed by atoms with van der Waals surface area (Å²) < 4.78 is 0. The Morgan fingerprint density at radius 3 is 2.47 bits per heavy atom. The van der Waals surface area contributed by atoms with Crippen LogP contribution < -0.4 is 5.32 Å². The van der Waals surface area contributed by atoms with Gasteiger partial charge in [0.05, 0.1) is 0 Å². The average Bonchev–Trinajstić information content (AvgIpc) is 2.33. The van der Waals surface area contributed by atoms with Crippen molar-refractivity contribution in [3.8, 4) is 11.5 Å². The number of hydrogen-bond acceptors (Lipinski definition) is 5. The zero-order valence-corrected chi connectivity index (χ0v) is 10.2. The van der Waals surface area contributed by atoms with E-state index in [9.17, 15) is 20.1 Å². The topological polar surface area (TPSA) is 139 Å². The molecule has 0 aliphatic carbocycles. The SMILES string of the molecule is CC(NCCN=[N+]=[N-])(C(=O)O)c1cc(O)cc(O)c1. The van der Waals surface area contributed by atoms with Gasteiger partial charge in [0.1, 0.15) is 17.0 Å². The van der Waals surface area contributed by atoms with Gasteiger partial charge in [-0.2, -0.15) is 0 Å². The highest BCUT2D eigenvalue weighted by atomic mass is 16.4. The van der Waals surface area contributed by atoms with Gasteiger partial charge in [-0.25, -0.2) is 4.79 Å². The molecular formula is C11H14N4O4. The summed E-state index contributed by atoms with van der Waals surface area (Å²) in [5, 5.41) is 34.1. The highest BCUT2D eigenvalue weighted by molar-refractivity contribution is 5.80. The van der Waals surface area contributed by atoms with Crippen LogP contribution in [0.15, 0.2) is 23.3 Å². The summed E-state index contributed by atoms with van der Waals surface area (Å²) >= 11 is 0. The number of carboxylic acids is 1. The molecule has 8 nitrogen and oxygen atoms in total. The Balaban J connectivity index is 3.03. The normalized spacial score (nSPS) is 13.3. The number of nitrogens with one attached hydrogen (secondary N) is 1. The molecule has 0 saturated carbocycles. The Morgan fingerprint density at radius 2 is 2.00 bits per heavy atom. The Labute approximate surface area is 108 Å². The van der Waals surface area contributed by atoms with Gasteiger partial charge in [0, 0.05) is 24.1 Å². The number of phenolic OH excluding ortho intramolecular Hbond substituents is 2. The zero-order chi connectivity index (χ0) is 14.5. The van der Waals surface area contributed by atoms with Crippen molar-refractivity contribution >= 4 is 5.97 Å². The van der Waals surface area contributed by atoms with Crippen molar-refractivity contribution in [3.63, 3.8) is 0 Å². The molecule has 19 heavy (non-hydrogen) atoms. The molecule has 0 aliphatic heterocycles. The fourth-order valence-electron chi connectivity index (χ4n) is 1.59. The van der Waals surface area contributed by atoms with E-state index in [0.717, 1.165) is 6.07 Å². The minimum atomic E-state index is -1.51. The van der Waals surface area contributed by atoms with Crippen LogP contribution in [0.4, 0.5) is 0 Å². The summed E-state index contributed by atoms with van der Waals surface area (Å²) in [5.74, 6) is -1.66. The first-order valence-corrected chi connectivity index (χ1v) is 5.43. The molecule has 0 heterocycles. The number of nitrogens with zero attached hydrogens (tertiary/aromatic N) is 3. The van der Waals surface area contributed by atoms with E-state index in [0.29, 0.717) is 0 Å². The molecule has 8 heteroatoms. The van der Waals surface area contributed by atoms with Gasteiger partial charge in [-0.3, -0.25) is 5.32 Å². The lowest BCUT2D eigenvalue weighted by atomic mass is 9.91. The number of phenols is 2. The third-order valence-electron chi connectivity index (χ3n) is 2.66. The molecular weight excluding hydrogens is 252 g/mol. The second-order valence-corrected chi connectivity index (χ2v) is 4.05. The first-order valence-electron chi connectivity index (χ1n) is 5.43. The number of azide groups is 1. The van der Waals surface area contributed by atoms with E-state index >= 15 is 0 Å². The first kappa shape index (κ1) is 14.6. The molecule has 0 aromatic heterocycles. The van der Waals surface area contributed by atoms with Crippen molar-refractivity contribution in [2.24, 2.45) is 5.11 Å². The Kier molecular flexibility index (Phi) is 4.57. The Hall–Kier alpha value is -2.44. The molecule has 1 unspecified atom stereocenters. The monoisotopic (exact) mass is 266 g/mol. The number of carbonyl (C=O) groups is 1. The number of rotatable bonds is 6. The van der Waals surface area contributed by atoms with Crippen molar-refractivity contribution in [3.05, 3.63) is 34.2 Å². The minimum absolute atomic E-state index is 0.0875. The largest absolute Gasteiger partial charge is 0.508 e. The van der Waals surface area contributed by atoms with Gasteiger partial charge in [0.2, 0.25) is 0 Å². The molecule has 1 aromatic rings. The fraction of sp³-hybridized carbons (Fsp3) is 0.364. The molecule has 0 radical (unpaired) electrons. The molecule has 1 atom stereocenters. The smallest absolute Gasteiger partial charge is 0.328 e. The molecule has 0 spiro atoms. The lowest BCUT2D eigenvalue weighted by Crippen LogP contribution is -2.47. The number of aromatic hydroxyl groups is 2. The summed E-state index contributed by atoms with van der Waals surface area (Å²) in [6.07, 6.45) is 0. The fourth-order valence-corrected chi connectivity index (χ4v) is 1.59. The summed E-state index contributed by atoms with van der Waals surface area (Å²) in [7, 11) is 0. The summed E-state index contributed by atoms with van der Waals surface area (Å²) in [4.78, 5) is 13.9. The maximum absolute atomic E-state index is 11.4. The molecule has 0 aliphatic rings. The standard InChI is InChI=1S/C11H14N4O4/c1-11(10(18)19,13-2-3-14-15-12)7-4-8(16)6-9(17)5-7/h4-6,13,16-17H,2-3H2,1H3,(H,18,19). The van der Waals surface area contributed by atoms with Gasteiger partial charge < -0.3 is 15.3 Å². The molecule has 1 rings (SSSR count). The highest BCUT2D eigenvalue weighted by Crippen LogP contribution is 2.28. The predicted molar refractivity (Wildman–Crippen MR) is 66.8 cm³/mol. The van der Waals surface area contributed by atoms with Gasteiger partial charge >= 0.3 is 5.97 Å². The molecule has 4 N–H and O–H groups in total. The molecule has 0 amide bonds. The lowest BCUT2D eigenvalue weighted by Gasteiger charge is -2.27. The molecule has 0 fully saturated rings. The van der Waals surface area contributed by atoms with Crippen molar-refractivity contribution in [1.82, 2.24) is 5.32 Å². The van der Waals surface area contributed by atoms with Crippen molar-refractivity contribution in [2.45, 2.75) is 12.5 Å². The molecule has 1 aromatic carbocycles. The van der Waals surface area contributed by atoms with Gasteiger partial charge in [-0.1, -0.05) is 5.11 Å². The van der Waals surface area contributed by atoms with Crippen LogP contribution in [-0.2, 0) is 10.3 Å². The summed E-state index contributed by atoms with van der Waals surface area (Å²) in [5.41, 5.74) is 6.82. The third kappa shape index (κ3) is 3.51. The van der Waals surface area contributed by atoms with Gasteiger partial charge in [-0.05, 0) is 30.2 Å². The van der Waals surface area contributed by atoms with Crippen LogP contribution in [0.1, 0.15) is 12.5 Å². The van der Waals surface area contributed by atoms with Crippen LogP contribution in [0, 0.1) is 0 Å². The third-order valence-corrected chi connectivity index (χ3v) is 2.66. The molecule has 0 bridgehead atoms. The Morgan fingerprint density at radius 1 is 1.42 bits per heavy atom. The van der Waals surface area contributed by atoms with Crippen LogP contribution >= 0.6 is 0 Å². The highest BCUT2D eigenvalue weighted by Gasteiger charge is 2.35. The van der Waals surface area contributed by atoms with Crippen LogP contribution in [-0.4, -0.2) is 34.4 Å². The van der Waals surface area contributed by atoms with Gasteiger partial charge in [0.15, 0.2) is 0 Å². The number of aliphatic carboxylic acids is 1. The number of carboxylic acid groups (broad SMARTS) is 1. The summed E-state index contributed by atoms with van der Waals surface area (Å²) in [6.45, 7) is 1.62. The van der Waals surface area contributed by atoms with Crippen LogP contribution in [0.3, 0.4) is 0 Å². The first-order chi connectivity index (χ1) is 8.90. The van der Waals surface area contributed by atoms with Gasteiger partial charge in [0.25, 0.3) is 0 Å². The van der Waals surface area contributed by atoms with E-state index in [1.807, 2.05) is 0 Å². The zero-order valence-electron chi connectivity index (χ0n) is 10.2.